The Kier molecular flexibility index (Phi) is 5.14. The Labute approximate surface area is 192 Å². The summed E-state index contributed by atoms with van der Waals surface area (Å²) in [7, 11) is 0. The highest BCUT2D eigenvalue weighted by atomic mass is 16.5. The highest BCUT2D eigenvalue weighted by Crippen LogP contribution is 2.30. The van der Waals surface area contributed by atoms with E-state index in [2.05, 4.69) is 5.32 Å². The van der Waals surface area contributed by atoms with Crippen LogP contribution in [0.5, 0.6) is 5.75 Å². The number of carbonyl (C=O) groups is 5. The molecule has 3 aromatic rings. The average molecular weight is 456 g/mol. The van der Waals surface area contributed by atoms with Crippen LogP contribution in [0.25, 0.3) is 0 Å². The molecule has 0 bridgehead atoms. The van der Waals surface area contributed by atoms with Gasteiger partial charge in [-0.1, -0.05) is 18.2 Å². The molecule has 0 saturated carbocycles. The van der Waals surface area contributed by atoms with Gasteiger partial charge in [-0.25, -0.2) is 9.69 Å². The van der Waals surface area contributed by atoms with E-state index in [4.69, 9.17) is 9.47 Å². The second-order valence-electron chi connectivity index (χ2n) is 7.59. The molecule has 3 aromatic carbocycles. The molecule has 5 rings (SSSR count). The van der Waals surface area contributed by atoms with Crippen LogP contribution < -0.4 is 15.0 Å². The number of hydrogen-bond donors (Lipinski definition) is 1. The van der Waals surface area contributed by atoms with Crippen molar-refractivity contribution in [3.8, 4) is 5.75 Å². The van der Waals surface area contributed by atoms with Gasteiger partial charge in [-0.15, -0.1) is 0 Å². The largest absolute Gasteiger partial charge is 0.482 e. The summed E-state index contributed by atoms with van der Waals surface area (Å²) < 4.78 is 10.4. The third-order valence-corrected chi connectivity index (χ3v) is 5.40. The number of imide groups is 1. The summed E-state index contributed by atoms with van der Waals surface area (Å²) >= 11 is 0. The van der Waals surface area contributed by atoms with Crippen LogP contribution in [0.4, 0.5) is 11.4 Å². The lowest BCUT2D eigenvalue weighted by atomic mass is 10.1. The number of ether oxygens (including phenoxy) is 2. The molecule has 3 amide bonds. The summed E-state index contributed by atoms with van der Waals surface area (Å²) in [6.45, 7) is -0.638. The van der Waals surface area contributed by atoms with Gasteiger partial charge in [0.05, 0.1) is 28.1 Å². The summed E-state index contributed by atoms with van der Waals surface area (Å²) in [5.74, 6) is -2.12. The van der Waals surface area contributed by atoms with E-state index < -0.39 is 30.2 Å². The Morgan fingerprint density at radius 3 is 2.35 bits per heavy atom. The molecule has 0 fully saturated rings. The first-order chi connectivity index (χ1) is 16.4. The predicted octanol–water partition coefficient (Wildman–Crippen LogP) is 2.86. The standard InChI is InChI=1S/C25H16N2O7/c28-20(14-8-9-21-19(11-14)26-22(29)13-33-21)12-34-25(32)15-4-3-5-16(10-15)27-23(30)17-6-1-2-7-18(17)24(27)31/h1-11H,12-13H2,(H,26,29). The summed E-state index contributed by atoms with van der Waals surface area (Å²) in [4.78, 5) is 62.9. The second kappa shape index (κ2) is 8.28. The highest BCUT2D eigenvalue weighted by molar-refractivity contribution is 6.34. The Morgan fingerprint density at radius 2 is 1.62 bits per heavy atom. The molecular weight excluding hydrogens is 440 g/mol. The van der Waals surface area contributed by atoms with Gasteiger partial charge in [0.15, 0.2) is 19.0 Å². The number of rotatable bonds is 5. The maximum Gasteiger partial charge on any atom is 0.338 e. The zero-order valence-electron chi connectivity index (χ0n) is 17.6. The van der Waals surface area contributed by atoms with Crippen LogP contribution in [-0.2, 0) is 9.53 Å². The maximum absolute atomic E-state index is 12.7. The fraction of sp³-hybridized carbons (Fsp3) is 0.0800. The number of anilines is 2. The van der Waals surface area contributed by atoms with Gasteiger partial charge in [-0.3, -0.25) is 19.2 Å². The lowest BCUT2D eigenvalue weighted by molar-refractivity contribution is -0.118. The summed E-state index contributed by atoms with van der Waals surface area (Å²) in [5, 5.41) is 2.61. The van der Waals surface area contributed by atoms with Crippen molar-refractivity contribution in [2.75, 3.05) is 23.4 Å². The van der Waals surface area contributed by atoms with E-state index in [9.17, 15) is 24.0 Å². The van der Waals surface area contributed by atoms with E-state index >= 15 is 0 Å². The van der Waals surface area contributed by atoms with E-state index in [0.717, 1.165) is 4.90 Å². The minimum absolute atomic E-state index is 0.0768. The molecule has 0 aromatic heterocycles. The van der Waals surface area contributed by atoms with Crippen LogP contribution in [0.2, 0.25) is 0 Å². The van der Waals surface area contributed by atoms with Crippen LogP contribution in [-0.4, -0.2) is 42.7 Å². The molecule has 2 heterocycles. The lowest BCUT2D eigenvalue weighted by Gasteiger charge is -2.18. The number of carbonyl (C=O) groups excluding carboxylic acids is 5. The number of nitrogens with one attached hydrogen (secondary N) is 1. The zero-order chi connectivity index (χ0) is 23.8. The normalized spacial score (nSPS) is 14.1. The lowest BCUT2D eigenvalue weighted by Crippen LogP contribution is -2.29. The van der Waals surface area contributed by atoms with Gasteiger partial charge in [0.25, 0.3) is 17.7 Å². The molecule has 2 aliphatic rings. The number of hydrogen-bond acceptors (Lipinski definition) is 7. The molecule has 9 nitrogen and oxygen atoms in total. The van der Waals surface area contributed by atoms with Crippen LogP contribution >= 0.6 is 0 Å². The topological polar surface area (TPSA) is 119 Å². The fourth-order valence-corrected chi connectivity index (χ4v) is 3.75. The Hall–Kier alpha value is -4.79. The highest BCUT2D eigenvalue weighted by Gasteiger charge is 2.36. The number of ketones is 1. The van der Waals surface area contributed by atoms with E-state index in [1.807, 2.05) is 0 Å². The van der Waals surface area contributed by atoms with E-state index in [-0.39, 0.29) is 40.5 Å². The number of amides is 3. The van der Waals surface area contributed by atoms with Crippen molar-refractivity contribution in [1.82, 2.24) is 0 Å². The van der Waals surface area contributed by atoms with Crippen molar-refractivity contribution in [2.24, 2.45) is 0 Å². The Balaban J connectivity index is 1.28. The van der Waals surface area contributed by atoms with Gasteiger partial charge in [0.1, 0.15) is 5.75 Å². The van der Waals surface area contributed by atoms with Crippen molar-refractivity contribution >= 4 is 40.8 Å². The van der Waals surface area contributed by atoms with E-state index in [1.165, 1.54) is 36.4 Å². The molecule has 2 aliphatic heterocycles. The van der Waals surface area contributed by atoms with Crippen molar-refractivity contribution in [3.05, 3.63) is 89.0 Å². The first-order valence-electron chi connectivity index (χ1n) is 10.3. The molecule has 9 heteroatoms. The minimum atomic E-state index is -0.790. The fourth-order valence-electron chi connectivity index (χ4n) is 3.75. The second-order valence-corrected chi connectivity index (χ2v) is 7.59. The number of esters is 1. The van der Waals surface area contributed by atoms with Crippen LogP contribution in [0, 0.1) is 0 Å². The van der Waals surface area contributed by atoms with E-state index in [1.54, 1.807) is 30.3 Å². The molecule has 0 unspecified atom stereocenters. The van der Waals surface area contributed by atoms with Crippen LogP contribution in [0.15, 0.2) is 66.7 Å². The van der Waals surface area contributed by atoms with Gasteiger partial charge in [0.2, 0.25) is 0 Å². The Bertz CT molecular complexity index is 1360. The molecule has 0 saturated heterocycles. The number of benzene rings is 3. The third-order valence-electron chi connectivity index (χ3n) is 5.40. The smallest absolute Gasteiger partial charge is 0.338 e. The summed E-state index contributed by atoms with van der Waals surface area (Å²) in [6, 6.07) is 16.9. The van der Waals surface area contributed by atoms with E-state index in [0.29, 0.717) is 11.4 Å². The minimum Gasteiger partial charge on any atom is -0.482 e. The molecular formula is C25H16N2O7. The molecule has 0 spiro atoms. The summed E-state index contributed by atoms with van der Waals surface area (Å²) in [6.07, 6.45) is 0. The van der Waals surface area contributed by atoms with Crippen molar-refractivity contribution in [3.63, 3.8) is 0 Å². The average Bonchev–Trinajstić information content (AvgIpc) is 3.11. The number of nitrogens with zero attached hydrogens (tertiary/aromatic N) is 1. The zero-order valence-corrected chi connectivity index (χ0v) is 17.6. The quantitative estimate of drug-likeness (QED) is 0.356. The van der Waals surface area contributed by atoms with Crippen molar-refractivity contribution in [1.29, 1.82) is 0 Å². The summed E-state index contributed by atoms with van der Waals surface area (Å²) in [5.41, 5.74) is 1.47. The van der Waals surface area contributed by atoms with Gasteiger partial charge >= 0.3 is 5.97 Å². The Morgan fingerprint density at radius 1 is 0.882 bits per heavy atom. The SMILES string of the molecule is O=C1COc2ccc(C(=O)COC(=O)c3cccc(N4C(=O)c5ccccc5C4=O)c3)cc2N1. The number of Topliss-reactive ketones (excluding diaryl/α,β-unsaturated/α-hetero) is 1. The molecule has 0 atom stereocenters. The monoisotopic (exact) mass is 456 g/mol. The van der Waals surface area contributed by atoms with Gasteiger partial charge in [-0.05, 0) is 48.5 Å². The van der Waals surface area contributed by atoms with Gasteiger partial charge < -0.3 is 14.8 Å². The predicted molar refractivity (Wildman–Crippen MR) is 119 cm³/mol. The first-order valence-corrected chi connectivity index (χ1v) is 10.3. The maximum atomic E-state index is 12.7. The number of fused-ring (bicyclic) bond motifs is 2. The molecule has 168 valence electrons. The van der Waals surface area contributed by atoms with Crippen LogP contribution in [0.1, 0.15) is 41.4 Å². The van der Waals surface area contributed by atoms with Gasteiger partial charge in [-0.2, -0.15) is 0 Å². The molecule has 0 aliphatic carbocycles. The van der Waals surface area contributed by atoms with Crippen molar-refractivity contribution < 1.29 is 33.4 Å². The molecule has 0 radical (unpaired) electrons. The van der Waals surface area contributed by atoms with Gasteiger partial charge in [0, 0.05) is 5.56 Å². The van der Waals surface area contributed by atoms with Crippen molar-refractivity contribution in [2.45, 2.75) is 0 Å². The third kappa shape index (κ3) is 3.69. The first kappa shape index (κ1) is 21.1. The van der Waals surface area contributed by atoms with Crippen LogP contribution in [0.3, 0.4) is 0 Å². The molecule has 34 heavy (non-hydrogen) atoms. The molecule has 1 N–H and O–H groups in total.